The van der Waals surface area contributed by atoms with E-state index in [9.17, 15) is 9.59 Å². The lowest BCUT2D eigenvalue weighted by molar-refractivity contribution is 0.0624. The van der Waals surface area contributed by atoms with Crippen LogP contribution in [0.4, 0.5) is 21.0 Å². The molecule has 0 unspecified atom stereocenters. The van der Waals surface area contributed by atoms with Crippen LogP contribution in [0.25, 0.3) is 0 Å². The van der Waals surface area contributed by atoms with Gasteiger partial charge in [0.15, 0.2) is 0 Å². The molecule has 2 aromatic carbocycles. The van der Waals surface area contributed by atoms with E-state index in [4.69, 9.17) is 14.2 Å². The highest BCUT2D eigenvalue weighted by Crippen LogP contribution is 2.26. The lowest BCUT2D eigenvalue weighted by atomic mass is 10.2. The van der Waals surface area contributed by atoms with Gasteiger partial charge in [0, 0.05) is 17.4 Å². The maximum absolute atomic E-state index is 11.9. The molecule has 29 heavy (non-hydrogen) atoms. The largest absolute Gasteiger partial charge is 0.457 e. The first-order chi connectivity index (χ1) is 13.4. The molecule has 0 aliphatic carbocycles. The zero-order valence-corrected chi connectivity index (χ0v) is 17.7. The van der Waals surface area contributed by atoms with Crippen LogP contribution in [-0.4, -0.2) is 23.4 Å². The number of carbonyl (C=O) groups excluding carboxylic acids is 2. The molecule has 0 aliphatic heterocycles. The molecule has 0 aliphatic rings. The maximum atomic E-state index is 11.9. The summed E-state index contributed by atoms with van der Waals surface area (Å²) in [6.07, 6.45) is -1.06. The van der Waals surface area contributed by atoms with E-state index >= 15 is 0 Å². The second-order valence-corrected chi connectivity index (χ2v) is 8.41. The molecular weight excluding hydrogens is 372 g/mol. The van der Waals surface area contributed by atoms with Crippen molar-refractivity contribution < 1.29 is 23.8 Å². The molecule has 0 atom stereocenters. The highest BCUT2D eigenvalue weighted by atomic mass is 16.6. The molecule has 2 rings (SSSR count). The molecule has 0 radical (unpaired) electrons. The molecule has 7 heteroatoms. The molecular formula is C22H28N2O5. The van der Waals surface area contributed by atoms with Gasteiger partial charge in [-0.05, 0) is 77.9 Å². The average molecular weight is 400 g/mol. The normalized spacial score (nSPS) is 11.4. The van der Waals surface area contributed by atoms with Crippen molar-refractivity contribution >= 4 is 23.6 Å². The van der Waals surface area contributed by atoms with Gasteiger partial charge in [-0.15, -0.1) is 0 Å². The first-order valence-corrected chi connectivity index (χ1v) is 9.28. The number of amides is 2. The third kappa shape index (κ3) is 8.55. The van der Waals surface area contributed by atoms with Crippen molar-refractivity contribution in [3.05, 3.63) is 48.5 Å². The van der Waals surface area contributed by atoms with Gasteiger partial charge in [0.1, 0.15) is 22.7 Å². The number of nitrogens with one attached hydrogen (secondary N) is 2. The van der Waals surface area contributed by atoms with Crippen LogP contribution in [0.15, 0.2) is 48.5 Å². The van der Waals surface area contributed by atoms with Crippen molar-refractivity contribution in [2.75, 3.05) is 10.6 Å². The number of rotatable bonds is 4. The summed E-state index contributed by atoms with van der Waals surface area (Å²) in [6.45, 7) is 10.8. The Morgan fingerprint density at radius 3 is 1.72 bits per heavy atom. The minimum atomic E-state index is -0.576. The minimum Gasteiger partial charge on any atom is -0.457 e. The molecule has 0 fully saturated rings. The Morgan fingerprint density at radius 1 is 0.690 bits per heavy atom. The van der Waals surface area contributed by atoms with Crippen molar-refractivity contribution in [2.45, 2.75) is 52.7 Å². The summed E-state index contributed by atoms with van der Waals surface area (Å²) < 4.78 is 16.3. The maximum Gasteiger partial charge on any atom is 0.412 e. The van der Waals surface area contributed by atoms with Gasteiger partial charge >= 0.3 is 12.2 Å². The SMILES string of the molecule is CC(C)(C)OC(=O)Nc1ccc(Oc2cccc(NC(=O)OC(C)(C)C)c2)cc1. The predicted molar refractivity (Wildman–Crippen MR) is 113 cm³/mol. The molecule has 0 aromatic heterocycles. The van der Waals surface area contributed by atoms with Crippen LogP contribution < -0.4 is 15.4 Å². The first kappa shape index (κ1) is 22.1. The fourth-order valence-electron chi connectivity index (χ4n) is 2.22. The smallest absolute Gasteiger partial charge is 0.412 e. The Morgan fingerprint density at radius 2 is 1.21 bits per heavy atom. The Labute approximate surface area is 171 Å². The van der Waals surface area contributed by atoms with Gasteiger partial charge in [-0.3, -0.25) is 10.6 Å². The Kier molecular flexibility index (Phi) is 6.74. The van der Waals surface area contributed by atoms with Gasteiger partial charge in [-0.25, -0.2) is 9.59 Å². The number of benzene rings is 2. The molecule has 0 heterocycles. The van der Waals surface area contributed by atoms with Gasteiger partial charge in [0.05, 0.1) is 0 Å². The Balaban J connectivity index is 1.96. The molecule has 2 amide bonds. The topological polar surface area (TPSA) is 85.9 Å². The van der Waals surface area contributed by atoms with Gasteiger partial charge in [-0.2, -0.15) is 0 Å². The third-order valence-electron chi connectivity index (χ3n) is 3.21. The van der Waals surface area contributed by atoms with E-state index in [-0.39, 0.29) is 0 Å². The van der Waals surface area contributed by atoms with E-state index < -0.39 is 23.4 Å². The molecule has 2 aromatic rings. The molecule has 0 spiro atoms. The van der Waals surface area contributed by atoms with Crippen molar-refractivity contribution in [1.29, 1.82) is 0 Å². The summed E-state index contributed by atoms with van der Waals surface area (Å²) in [6, 6.07) is 13.8. The fourth-order valence-corrected chi connectivity index (χ4v) is 2.22. The zero-order chi connectivity index (χ0) is 21.7. The van der Waals surface area contributed by atoms with Crippen LogP contribution in [0.1, 0.15) is 41.5 Å². The summed E-state index contributed by atoms with van der Waals surface area (Å²) in [5.41, 5.74) is 0.00517. The fraction of sp³-hybridized carbons (Fsp3) is 0.364. The second-order valence-electron chi connectivity index (χ2n) is 8.41. The molecule has 156 valence electrons. The van der Waals surface area contributed by atoms with Crippen LogP contribution in [0.2, 0.25) is 0 Å². The van der Waals surface area contributed by atoms with E-state index in [0.717, 1.165) is 0 Å². The quantitative estimate of drug-likeness (QED) is 0.641. The van der Waals surface area contributed by atoms with E-state index in [0.29, 0.717) is 22.9 Å². The van der Waals surface area contributed by atoms with E-state index in [1.165, 1.54) is 0 Å². The summed E-state index contributed by atoms with van der Waals surface area (Å²) >= 11 is 0. The number of hydrogen-bond donors (Lipinski definition) is 2. The lowest BCUT2D eigenvalue weighted by Gasteiger charge is -2.20. The molecule has 2 N–H and O–H groups in total. The minimum absolute atomic E-state index is 0.521. The first-order valence-electron chi connectivity index (χ1n) is 9.28. The summed E-state index contributed by atoms with van der Waals surface area (Å²) in [4.78, 5) is 23.7. The highest BCUT2D eigenvalue weighted by Gasteiger charge is 2.17. The third-order valence-corrected chi connectivity index (χ3v) is 3.21. The average Bonchev–Trinajstić information content (AvgIpc) is 2.53. The summed E-state index contributed by atoms with van der Waals surface area (Å²) in [5.74, 6) is 1.13. The van der Waals surface area contributed by atoms with Gasteiger partial charge in [0.25, 0.3) is 0 Å². The monoisotopic (exact) mass is 400 g/mol. The predicted octanol–water partition coefficient (Wildman–Crippen LogP) is 6.17. The molecule has 0 bridgehead atoms. The number of ether oxygens (including phenoxy) is 3. The van der Waals surface area contributed by atoms with Crippen molar-refractivity contribution in [3.8, 4) is 11.5 Å². The van der Waals surface area contributed by atoms with Gasteiger partial charge < -0.3 is 14.2 Å². The zero-order valence-electron chi connectivity index (χ0n) is 17.7. The Hall–Kier alpha value is -3.22. The van der Waals surface area contributed by atoms with E-state index in [1.807, 2.05) is 0 Å². The van der Waals surface area contributed by atoms with E-state index in [2.05, 4.69) is 10.6 Å². The van der Waals surface area contributed by atoms with Crippen LogP contribution in [0.3, 0.4) is 0 Å². The Bertz CT molecular complexity index is 849. The molecule has 0 saturated carbocycles. The van der Waals surface area contributed by atoms with Gasteiger partial charge in [0.2, 0.25) is 0 Å². The van der Waals surface area contributed by atoms with E-state index in [1.54, 1.807) is 90.1 Å². The van der Waals surface area contributed by atoms with Crippen LogP contribution in [0, 0.1) is 0 Å². The number of carbonyl (C=O) groups is 2. The number of hydrogen-bond acceptors (Lipinski definition) is 5. The molecule has 7 nitrogen and oxygen atoms in total. The molecule has 0 saturated heterocycles. The van der Waals surface area contributed by atoms with Crippen molar-refractivity contribution in [1.82, 2.24) is 0 Å². The standard InChI is InChI=1S/C22H28N2O5/c1-21(2,3)28-19(25)23-15-10-12-17(13-11-15)27-18-9-7-8-16(14-18)24-20(26)29-22(4,5)6/h7-14H,1-6H3,(H,23,25)(H,24,26). The second kappa shape index (κ2) is 8.86. The van der Waals surface area contributed by atoms with Crippen molar-refractivity contribution in [2.24, 2.45) is 0 Å². The van der Waals surface area contributed by atoms with Crippen LogP contribution in [0.5, 0.6) is 11.5 Å². The lowest BCUT2D eigenvalue weighted by Crippen LogP contribution is -2.27. The van der Waals surface area contributed by atoms with Crippen LogP contribution >= 0.6 is 0 Å². The summed E-state index contributed by atoms with van der Waals surface area (Å²) in [5, 5.41) is 5.33. The van der Waals surface area contributed by atoms with Crippen LogP contribution in [-0.2, 0) is 9.47 Å². The van der Waals surface area contributed by atoms with Gasteiger partial charge in [-0.1, -0.05) is 6.07 Å². The summed E-state index contributed by atoms with van der Waals surface area (Å²) in [7, 11) is 0. The van der Waals surface area contributed by atoms with Crippen molar-refractivity contribution in [3.63, 3.8) is 0 Å². The highest BCUT2D eigenvalue weighted by molar-refractivity contribution is 5.85. The number of anilines is 2.